The summed E-state index contributed by atoms with van der Waals surface area (Å²) >= 11 is 3.34. The maximum Gasteiger partial charge on any atom is 0.320 e. The Morgan fingerprint density at radius 3 is 3.00 bits per heavy atom. The van der Waals surface area contributed by atoms with Crippen LogP contribution >= 0.6 is 15.9 Å². The quantitative estimate of drug-likeness (QED) is 0.785. The van der Waals surface area contributed by atoms with E-state index in [4.69, 9.17) is 9.84 Å². The zero-order valence-electron chi connectivity index (χ0n) is 8.94. The number of ether oxygens (including phenoxy) is 1. The molecule has 0 heterocycles. The fourth-order valence-electron chi connectivity index (χ4n) is 1.09. The van der Waals surface area contributed by atoms with E-state index >= 15 is 0 Å². The first-order chi connectivity index (χ1) is 7.59. The van der Waals surface area contributed by atoms with Gasteiger partial charge in [-0.25, -0.2) is 0 Å². The molecule has 0 bridgehead atoms. The van der Waals surface area contributed by atoms with Crippen molar-refractivity contribution in [3.8, 4) is 5.75 Å². The molecule has 0 spiro atoms. The van der Waals surface area contributed by atoms with Crippen molar-refractivity contribution < 1.29 is 14.6 Å². The Morgan fingerprint density at radius 2 is 2.38 bits per heavy atom. The standard InChI is InChI=1S/C11H14BrNO3/c1-8(11(14)15)13-5-6-16-10-4-2-3-9(12)7-10/h2-4,7-8,13H,5-6H2,1H3,(H,14,15)/t8-/m1/s1. The average molecular weight is 288 g/mol. The number of carboxylic acids is 1. The lowest BCUT2D eigenvalue weighted by Crippen LogP contribution is -2.36. The van der Waals surface area contributed by atoms with Gasteiger partial charge in [0.25, 0.3) is 0 Å². The van der Waals surface area contributed by atoms with Gasteiger partial charge in [0.05, 0.1) is 0 Å². The van der Waals surface area contributed by atoms with E-state index in [1.54, 1.807) is 6.92 Å². The number of nitrogens with one attached hydrogen (secondary N) is 1. The summed E-state index contributed by atoms with van der Waals surface area (Å²) in [7, 11) is 0. The molecular weight excluding hydrogens is 274 g/mol. The van der Waals surface area contributed by atoms with Crippen molar-refractivity contribution in [3.63, 3.8) is 0 Å². The number of rotatable bonds is 6. The van der Waals surface area contributed by atoms with E-state index < -0.39 is 12.0 Å². The number of benzene rings is 1. The number of aliphatic carboxylic acids is 1. The molecule has 0 aliphatic heterocycles. The second-order valence-corrected chi connectivity index (χ2v) is 4.24. The average Bonchev–Trinajstić information content (AvgIpc) is 2.24. The van der Waals surface area contributed by atoms with Crippen LogP contribution in [0.4, 0.5) is 0 Å². The van der Waals surface area contributed by atoms with Crippen molar-refractivity contribution in [2.75, 3.05) is 13.2 Å². The van der Waals surface area contributed by atoms with E-state index in [0.29, 0.717) is 13.2 Å². The minimum Gasteiger partial charge on any atom is -0.492 e. The van der Waals surface area contributed by atoms with Gasteiger partial charge in [-0.05, 0) is 25.1 Å². The fourth-order valence-corrected chi connectivity index (χ4v) is 1.47. The highest BCUT2D eigenvalue weighted by Crippen LogP contribution is 2.17. The van der Waals surface area contributed by atoms with Crippen LogP contribution in [0, 0.1) is 0 Å². The van der Waals surface area contributed by atoms with Crippen molar-refractivity contribution in [2.24, 2.45) is 0 Å². The second kappa shape index (κ2) is 6.50. The largest absolute Gasteiger partial charge is 0.492 e. The summed E-state index contributed by atoms with van der Waals surface area (Å²) in [4.78, 5) is 10.5. The van der Waals surface area contributed by atoms with Crippen LogP contribution in [0.5, 0.6) is 5.75 Å². The van der Waals surface area contributed by atoms with Crippen LogP contribution in [0.1, 0.15) is 6.92 Å². The maximum atomic E-state index is 10.5. The number of hydrogen-bond donors (Lipinski definition) is 2. The molecule has 0 amide bonds. The van der Waals surface area contributed by atoms with Gasteiger partial charge >= 0.3 is 5.97 Å². The molecular formula is C11H14BrNO3. The summed E-state index contributed by atoms with van der Waals surface area (Å²) in [6.45, 7) is 2.54. The molecule has 1 atom stereocenters. The third-order valence-corrected chi connectivity index (χ3v) is 2.48. The summed E-state index contributed by atoms with van der Waals surface area (Å²) in [6.07, 6.45) is 0. The maximum absolute atomic E-state index is 10.5. The molecule has 1 aromatic carbocycles. The summed E-state index contributed by atoms with van der Waals surface area (Å²) < 4.78 is 6.39. The Labute approximate surface area is 103 Å². The predicted molar refractivity (Wildman–Crippen MR) is 64.7 cm³/mol. The summed E-state index contributed by atoms with van der Waals surface area (Å²) in [5, 5.41) is 11.5. The minimum atomic E-state index is -0.859. The molecule has 5 heteroatoms. The third kappa shape index (κ3) is 4.63. The first-order valence-corrected chi connectivity index (χ1v) is 5.73. The SMILES string of the molecule is C[C@@H](NCCOc1cccc(Br)c1)C(=O)O. The number of halogens is 1. The predicted octanol–water partition coefficient (Wildman–Crippen LogP) is 1.89. The normalized spacial score (nSPS) is 12.1. The molecule has 0 aliphatic rings. The van der Waals surface area contributed by atoms with Gasteiger partial charge in [-0.1, -0.05) is 22.0 Å². The molecule has 88 valence electrons. The lowest BCUT2D eigenvalue weighted by Gasteiger charge is -2.10. The Kier molecular flexibility index (Phi) is 5.28. The lowest BCUT2D eigenvalue weighted by molar-refractivity contribution is -0.139. The van der Waals surface area contributed by atoms with E-state index in [-0.39, 0.29) is 0 Å². The minimum absolute atomic E-state index is 0.439. The van der Waals surface area contributed by atoms with Crippen LogP contribution in [-0.2, 0) is 4.79 Å². The van der Waals surface area contributed by atoms with Crippen LogP contribution in [0.3, 0.4) is 0 Å². The molecule has 0 saturated heterocycles. The number of carbonyl (C=O) groups is 1. The smallest absolute Gasteiger partial charge is 0.320 e. The summed E-state index contributed by atoms with van der Waals surface area (Å²) in [6, 6.07) is 6.96. The zero-order chi connectivity index (χ0) is 12.0. The molecule has 0 aliphatic carbocycles. The number of carboxylic acid groups (broad SMARTS) is 1. The van der Waals surface area contributed by atoms with Crippen LogP contribution in [0.15, 0.2) is 28.7 Å². The van der Waals surface area contributed by atoms with Crippen LogP contribution in [0.25, 0.3) is 0 Å². The van der Waals surface area contributed by atoms with Gasteiger partial charge in [-0.2, -0.15) is 0 Å². The van der Waals surface area contributed by atoms with E-state index in [2.05, 4.69) is 21.2 Å². The van der Waals surface area contributed by atoms with Crippen molar-refractivity contribution >= 4 is 21.9 Å². The molecule has 1 rings (SSSR count). The van der Waals surface area contributed by atoms with Crippen molar-refractivity contribution in [1.82, 2.24) is 5.32 Å². The highest BCUT2D eigenvalue weighted by Gasteiger charge is 2.08. The Bertz CT molecular complexity index is 357. The first-order valence-electron chi connectivity index (χ1n) is 4.94. The molecule has 1 aromatic rings. The van der Waals surface area contributed by atoms with E-state index in [9.17, 15) is 4.79 Å². The summed E-state index contributed by atoms with van der Waals surface area (Å²) in [5.41, 5.74) is 0. The molecule has 16 heavy (non-hydrogen) atoms. The van der Waals surface area contributed by atoms with Crippen LogP contribution < -0.4 is 10.1 Å². The van der Waals surface area contributed by atoms with E-state index in [1.807, 2.05) is 24.3 Å². The molecule has 4 nitrogen and oxygen atoms in total. The molecule has 0 unspecified atom stereocenters. The van der Waals surface area contributed by atoms with Gasteiger partial charge in [-0.15, -0.1) is 0 Å². The Hall–Kier alpha value is -1.07. The highest BCUT2D eigenvalue weighted by atomic mass is 79.9. The van der Waals surface area contributed by atoms with Crippen molar-refractivity contribution in [3.05, 3.63) is 28.7 Å². The van der Waals surface area contributed by atoms with Gasteiger partial charge in [0.15, 0.2) is 0 Å². The lowest BCUT2D eigenvalue weighted by atomic mass is 10.3. The number of hydrogen-bond acceptors (Lipinski definition) is 3. The van der Waals surface area contributed by atoms with E-state index in [0.717, 1.165) is 10.2 Å². The Morgan fingerprint density at radius 1 is 1.62 bits per heavy atom. The van der Waals surface area contributed by atoms with Crippen LogP contribution in [0.2, 0.25) is 0 Å². The zero-order valence-corrected chi connectivity index (χ0v) is 10.5. The monoisotopic (exact) mass is 287 g/mol. The van der Waals surface area contributed by atoms with Gasteiger partial charge < -0.3 is 15.2 Å². The first kappa shape index (κ1) is 13.0. The van der Waals surface area contributed by atoms with E-state index in [1.165, 1.54) is 0 Å². The highest BCUT2D eigenvalue weighted by molar-refractivity contribution is 9.10. The topological polar surface area (TPSA) is 58.6 Å². The van der Waals surface area contributed by atoms with Gasteiger partial charge in [-0.3, -0.25) is 4.79 Å². The third-order valence-electron chi connectivity index (χ3n) is 1.99. The molecule has 2 N–H and O–H groups in total. The summed E-state index contributed by atoms with van der Waals surface area (Å²) in [5.74, 6) is -0.0957. The second-order valence-electron chi connectivity index (χ2n) is 3.32. The molecule has 0 aromatic heterocycles. The van der Waals surface area contributed by atoms with Crippen molar-refractivity contribution in [1.29, 1.82) is 0 Å². The molecule has 0 radical (unpaired) electrons. The van der Waals surface area contributed by atoms with Gasteiger partial charge in [0.1, 0.15) is 18.4 Å². The van der Waals surface area contributed by atoms with Crippen molar-refractivity contribution in [2.45, 2.75) is 13.0 Å². The fraction of sp³-hybridized carbons (Fsp3) is 0.364. The molecule has 0 saturated carbocycles. The van der Waals surface area contributed by atoms with Crippen LogP contribution in [-0.4, -0.2) is 30.3 Å². The van der Waals surface area contributed by atoms with Gasteiger partial charge in [0, 0.05) is 11.0 Å². The molecule has 0 fully saturated rings. The Balaban J connectivity index is 2.23. The van der Waals surface area contributed by atoms with Gasteiger partial charge in [0.2, 0.25) is 0 Å².